The molecule has 3 rings (SSSR count). The van der Waals surface area contributed by atoms with Crippen LogP contribution in [0, 0.1) is 0 Å². The topological polar surface area (TPSA) is 57.5 Å². The molecule has 0 saturated carbocycles. The Bertz CT molecular complexity index is 699. The lowest BCUT2D eigenvalue weighted by molar-refractivity contribution is 0.104. The Hall–Kier alpha value is -2.55. The van der Waals surface area contributed by atoms with Crippen LogP contribution in [0.15, 0.2) is 48.0 Å². The minimum absolute atomic E-state index is 0.0887. The molecule has 2 aromatic carbocycles. The molecule has 0 spiro atoms. The van der Waals surface area contributed by atoms with E-state index in [1.165, 1.54) is 0 Å². The number of phenols is 2. The highest BCUT2D eigenvalue weighted by molar-refractivity contribution is 6.16. The van der Waals surface area contributed by atoms with Crippen molar-refractivity contribution in [1.29, 1.82) is 0 Å². The van der Waals surface area contributed by atoms with E-state index in [1.807, 2.05) is 0 Å². The van der Waals surface area contributed by atoms with Crippen molar-refractivity contribution in [3.8, 4) is 11.5 Å². The van der Waals surface area contributed by atoms with Crippen molar-refractivity contribution < 1.29 is 15.0 Å². The Morgan fingerprint density at radius 2 is 1.68 bits per heavy atom. The highest BCUT2D eigenvalue weighted by Crippen LogP contribution is 2.34. The molecule has 0 aromatic heterocycles. The molecule has 3 nitrogen and oxygen atoms in total. The van der Waals surface area contributed by atoms with E-state index < -0.39 is 0 Å². The van der Waals surface area contributed by atoms with Gasteiger partial charge in [-0.05, 0) is 18.2 Å². The minimum Gasteiger partial charge on any atom is -0.508 e. The molecule has 2 aromatic rings. The quantitative estimate of drug-likeness (QED) is 0.767. The van der Waals surface area contributed by atoms with Crippen molar-refractivity contribution in [2.45, 2.75) is 6.42 Å². The van der Waals surface area contributed by atoms with Crippen LogP contribution in [0.4, 0.5) is 0 Å². The summed E-state index contributed by atoms with van der Waals surface area (Å²) in [4.78, 5) is 12.2. The van der Waals surface area contributed by atoms with Crippen LogP contribution in [0.25, 0.3) is 6.08 Å². The second-order valence-corrected chi connectivity index (χ2v) is 4.54. The number of carbonyl (C=O) groups is 1. The molecule has 0 unspecified atom stereocenters. The lowest BCUT2D eigenvalue weighted by Crippen LogP contribution is -1.95. The second-order valence-electron chi connectivity index (χ2n) is 4.54. The molecule has 19 heavy (non-hydrogen) atoms. The van der Waals surface area contributed by atoms with Gasteiger partial charge in [-0.2, -0.15) is 0 Å². The van der Waals surface area contributed by atoms with Crippen LogP contribution in [0.5, 0.6) is 11.5 Å². The van der Waals surface area contributed by atoms with E-state index in [2.05, 4.69) is 0 Å². The van der Waals surface area contributed by atoms with Gasteiger partial charge in [0.15, 0.2) is 5.78 Å². The Balaban J connectivity index is 2.05. The van der Waals surface area contributed by atoms with Crippen LogP contribution >= 0.6 is 0 Å². The van der Waals surface area contributed by atoms with E-state index >= 15 is 0 Å². The summed E-state index contributed by atoms with van der Waals surface area (Å²) in [6, 6.07) is 11.8. The van der Waals surface area contributed by atoms with Crippen molar-refractivity contribution >= 4 is 11.9 Å². The number of allylic oxidation sites excluding steroid dienone is 1. The Morgan fingerprint density at radius 1 is 0.947 bits per heavy atom. The first-order valence-corrected chi connectivity index (χ1v) is 6.01. The number of Topliss-reactive ketones (excluding diaryl/α,β-unsaturated/α-hetero) is 1. The molecule has 0 aliphatic heterocycles. The highest BCUT2D eigenvalue weighted by Gasteiger charge is 2.26. The fourth-order valence-electron chi connectivity index (χ4n) is 2.33. The van der Waals surface area contributed by atoms with Gasteiger partial charge < -0.3 is 10.2 Å². The number of ketones is 1. The summed E-state index contributed by atoms with van der Waals surface area (Å²) in [6.45, 7) is 0. The molecule has 1 aliphatic rings. The summed E-state index contributed by atoms with van der Waals surface area (Å²) in [7, 11) is 0. The zero-order valence-electron chi connectivity index (χ0n) is 10.1. The monoisotopic (exact) mass is 252 g/mol. The summed E-state index contributed by atoms with van der Waals surface area (Å²) in [5, 5.41) is 19.5. The highest BCUT2D eigenvalue weighted by atomic mass is 16.3. The van der Waals surface area contributed by atoms with Gasteiger partial charge in [0.05, 0.1) is 0 Å². The van der Waals surface area contributed by atoms with Crippen LogP contribution in [0.3, 0.4) is 0 Å². The molecule has 0 atom stereocenters. The maximum Gasteiger partial charge on any atom is 0.189 e. The molecule has 3 heteroatoms. The predicted molar refractivity (Wildman–Crippen MR) is 72.2 cm³/mol. The average molecular weight is 252 g/mol. The fraction of sp³-hybridized carbons (Fsp3) is 0.0625. The first-order chi connectivity index (χ1) is 9.16. The van der Waals surface area contributed by atoms with Gasteiger partial charge in [-0.25, -0.2) is 0 Å². The van der Waals surface area contributed by atoms with E-state index in [1.54, 1.807) is 48.5 Å². The molecule has 0 amide bonds. The standard InChI is InChI=1S/C16H12O3/c17-14-6-2-1-4-10(14)8-11-9-13-12(16(11)19)5-3-7-15(13)18/h1-8,17-18H,9H2/b11-8+. The van der Waals surface area contributed by atoms with E-state index in [9.17, 15) is 15.0 Å². The Labute approximate surface area is 110 Å². The zero-order chi connectivity index (χ0) is 13.4. The number of rotatable bonds is 1. The molecule has 0 saturated heterocycles. The Kier molecular flexibility index (Phi) is 2.60. The number of hydrogen-bond acceptors (Lipinski definition) is 3. The van der Waals surface area contributed by atoms with Gasteiger partial charge in [0, 0.05) is 28.7 Å². The molecule has 1 aliphatic carbocycles. The number of para-hydroxylation sites is 1. The first-order valence-electron chi connectivity index (χ1n) is 6.01. The molecule has 0 radical (unpaired) electrons. The average Bonchev–Trinajstić information content (AvgIpc) is 2.72. The third-order valence-electron chi connectivity index (χ3n) is 3.32. The molecule has 0 heterocycles. The van der Waals surface area contributed by atoms with Crippen molar-refractivity contribution in [3.63, 3.8) is 0 Å². The van der Waals surface area contributed by atoms with Gasteiger partial charge in [-0.1, -0.05) is 30.3 Å². The molecule has 0 fully saturated rings. The summed E-state index contributed by atoms with van der Waals surface area (Å²) in [5.41, 5.74) is 2.40. The van der Waals surface area contributed by atoms with Crippen molar-refractivity contribution in [3.05, 3.63) is 64.7 Å². The molecular weight excluding hydrogens is 240 g/mol. The van der Waals surface area contributed by atoms with Gasteiger partial charge in [-0.15, -0.1) is 0 Å². The van der Waals surface area contributed by atoms with Crippen molar-refractivity contribution in [2.75, 3.05) is 0 Å². The maximum absolute atomic E-state index is 12.2. The second kappa shape index (κ2) is 4.28. The lowest BCUT2D eigenvalue weighted by atomic mass is 10.1. The SMILES string of the molecule is O=C1/C(=C/c2ccccc2O)Cc2c(O)cccc21. The number of carbonyl (C=O) groups excluding carboxylic acids is 1. The number of phenolic OH excluding ortho intramolecular Hbond substituents is 2. The molecule has 0 bridgehead atoms. The molecular formula is C16H12O3. The Morgan fingerprint density at radius 3 is 2.42 bits per heavy atom. The van der Waals surface area contributed by atoms with Crippen molar-refractivity contribution in [1.82, 2.24) is 0 Å². The van der Waals surface area contributed by atoms with Gasteiger partial charge >= 0.3 is 0 Å². The van der Waals surface area contributed by atoms with Crippen LogP contribution in [0.2, 0.25) is 0 Å². The summed E-state index contributed by atoms with van der Waals surface area (Å²) in [6.07, 6.45) is 2.08. The van der Waals surface area contributed by atoms with E-state index in [-0.39, 0.29) is 17.3 Å². The van der Waals surface area contributed by atoms with Gasteiger partial charge in [-0.3, -0.25) is 4.79 Å². The first kappa shape index (κ1) is 11.5. The largest absolute Gasteiger partial charge is 0.508 e. The van der Waals surface area contributed by atoms with E-state index in [4.69, 9.17) is 0 Å². The van der Waals surface area contributed by atoms with Gasteiger partial charge in [0.25, 0.3) is 0 Å². The molecule has 94 valence electrons. The van der Waals surface area contributed by atoms with Crippen LogP contribution in [-0.4, -0.2) is 16.0 Å². The lowest BCUT2D eigenvalue weighted by Gasteiger charge is -1.99. The van der Waals surface area contributed by atoms with Crippen LogP contribution in [0.1, 0.15) is 21.5 Å². The maximum atomic E-state index is 12.2. The summed E-state index contributed by atoms with van der Waals surface area (Å²) >= 11 is 0. The van der Waals surface area contributed by atoms with Crippen LogP contribution < -0.4 is 0 Å². The van der Waals surface area contributed by atoms with E-state index in [0.717, 1.165) is 0 Å². The fourth-order valence-corrected chi connectivity index (χ4v) is 2.33. The summed E-state index contributed by atoms with van der Waals surface area (Å²) < 4.78 is 0. The number of hydrogen-bond donors (Lipinski definition) is 2. The summed E-state index contributed by atoms with van der Waals surface area (Å²) in [5.74, 6) is 0.198. The van der Waals surface area contributed by atoms with Crippen LogP contribution in [-0.2, 0) is 6.42 Å². The zero-order valence-corrected chi connectivity index (χ0v) is 10.1. The predicted octanol–water partition coefficient (Wildman–Crippen LogP) is 2.92. The molecule has 2 N–H and O–H groups in total. The van der Waals surface area contributed by atoms with Gasteiger partial charge in [0.2, 0.25) is 0 Å². The normalized spacial score (nSPS) is 15.8. The smallest absolute Gasteiger partial charge is 0.189 e. The number of benzene rings is 2. The van der Waals surface area contributed by atoms with Crippen molar-refractivity contribution in [2.24, 2.45) is 0 Å². The third kappa shape index (κ3) is 1.89. The number of fused-ring (bicyclic) bond motifs is 1. The third-order valence-corrected chi connectivity index (χ3v) is 3.32. The number of aromatic hydroxyl groups is 2. The minimum atomic E-state index is -0.0887. The van der Waals surface area contributed by atoms with Gasteiger partial charge in [0.1, 0.15) is 11.5 Å². The van der Waals surface area contributed by atoms with E-state index in [0.29, 0.717) is 28.7 Å².